The van der Waals surface area contributed by atoms with Crippen LogP contribution in [0.1, 0.15) is 11.1 Å². The number of halogens is 2. The molecule has 7 heteroatoms. The first-order chi connectivity index (χ1) is 12.7. The van der Waals surface area contributed by atoms with Crippen LogP contribution in [0.3, 0.4) is 0 Å². The van der Waals surface area contributed by atoms with Crippen molar-refractivity contribution >= 4 is 5.69 Å². The van der Waals surface area contributed by atoms with Crippen LogP contribution in [0, 0.1) is 0 Å². The predicted octanol–water partition coefficient (Wildman–Crippen LogP) is 4.27. The molecule has 0 aliphatic rings. The molecule has 3 rings (SSSR count). The van der Waals surface area contributed by atoms with Crippen molar-refractivity contribution in [2.24, 2.45) is 0 Å². The smallest absolute Gasteiger partial charge is 0.387 e. The van der Waals surface area contributed by atoms with Crippen molar-refractivity contribution in [1.29, 1.82) is 0 Å². The summed E-state index contributed by atoms with van der Waals surface area (Å²) in [5, 5.41) is 3.18. The summed E-state index contributed by atoms with van der Waals surface area (Å²) in [4.78, 5) is 7.89. The lowest BCUT2D eigenvalue weighted by Crippen LogP contribution is -2.06. The molecule has 0 fully saturated rings. The Morgan fingerprint density at radius 1 is 0.923 bits per heavy atom. The summed E-state index contributed by atoms with van der Waals surface area (Å²) in [5.74, 6) is 0.230. The van der Waals surface area contributed by atoms with Gasteiger partial charge in [-0.1, -0.05) is 30.3 Å². The van der Waals surface area contributed by atoms with E-state index in [4.69, 9.17) is 4.74 Å². The van der Waals surface area contributed by atoms with Crippen molar-refractivity contribution in [1.82, 2.24) is 9.97 Å². The van der Waals surface area contributed by atoms with Gasteiger partial charge in [-0.3, -0.25) is 0 Å². The quantitative estimate of drug-likeness (QED) is 0.652. The van der Waals surface area contributed by atoms with E-state index in [1.54, 1.807) is 24.5 Å². The molecule has 3 aromatic rings. The Hall–Kier alpha value is -3.22. The molecular weight excluding hydrogens is 340 g/mol. The molecule has 0 saturated heterocycles. The van der Waals surface area contributed by atoms with Gasteiger partial charge in [-0.2, -0.15) is 8.78 Å². The molecule has 0 bridgehead atoms. The fourth-order valence-corrected chi connectivity index (χ4v) is 2.28. The molecule has 0 saturated carbocycles. The highest BCUT2D eigenvalue weighted by Gasteiger charge is 2.12. The van der Waals surface area contributed by atoms with E-state index in [0.717, 1.165) is 11.1 Å². The molecule has 0 atom stereocenters. The van der Waals surface area contributed by atoms with Crippen molar-refractivity contribution in [3.63, 3.8) is 0 Å². The number of aromatic nitrogens is 2. The van der Waals surface area contributed by atoms with Gasteiger partial charge in [-0.05, 0) is 17.7 Å². The maximum Gasteiger partial charge on any atom is 0.387 e. The Kier molecular flexibility index (Phi) is 5.92. The minimum atomic E-state index is -2.92. The van der Waals surface area contributed by atoms with E-state index in [0.29, 0.717) is 12.2 Å². The highest BCUT2D eigenvalue weighted by Crippen LogP contribution is 2.32. The van der Waals surface area contributed by atoms with Crippen LogP contribution in [0.25, 0.3) is 0 Å². The lowest BCUT2D eigenvalue weighted by molar-refractivity contribution is -0.0515. The number of rotatable bonds is 8. The molecule has 1 heterocycles. The summed E-state index contributed by atoms with van der Waals surface area (Å²) in [7, 11) is 0. The molecule has 5 nitrogen and oxygen atoms in total. The molecule has 134 valence electrons. The van der Waals surface area contributed by atoms with Crippen LogP contribution >= 0.6 is 0 Å². The van der Waals surface area contributed by atoms with Crippen molar-refractivity contribution in [3.8, 4) is 11.5 Å². The number of ether oxygens (including phenoxy) is 2. The summed E-state index contributed by atoms with van der Waals surface area (Å²) in [5.41, 5.74) is 2.53. The van der Waals surface area contributed by atoms with Crippen LogP contribution in [-0.4, -0.2) is 16.6 Å². The van der Waals surface area contributed by atoms with Gasteiger partial charge in [-0.25, -0.2) is 9.97 Å². The fraction of sp³-hybridized carbons (Fsp3) is 0.158. The van der Waals surface area contributed by atoms with E-state index in [1.165, 1.54) is 12.4 Å². The average Bonchev–Trinajstić information content (AvgIpc) is 2.67. The molecule has 0 unspecified atom stereocenters. The van der Waals surface area contributed by atoms with Gasteiger partial charge in [-0.15, -0.1) is 0 Å². The lowest BCUT2D eigenvalue weighted by Gasteiger charge is -2.14. The Morgan fingerprint density at radius 3 is 2.42 bits per heavy atom. The fourth-order valence-electron chi connectivity index (χ4n) is 2.28. The first-order valence-electron chi connectivity index (χ1n) is 7.94. The van der Waals surface area contributed by atoms with Crippen LogP contribution < -0.4 is 14.8 Å². The zero-order chi connectivity index (χ0) is 18.2. The van der Waals surface area contributed by atoms with Gasteiger partial charge < -0.3 is 14.8 Å². The molecule has 2 aromatic carbocycles. The number of hydrogen-bond donors (Lipinski definition) is 1. The minimum Gasteiger partial charge on any atom is -0.485 e. The number of nitrogens with zero attached hydrogens (tertiary/aromatic N) is 2. The molecule has 1 aromatic heterocycles. The molecule has 0 spiro atoms. The van der Waals surface area contributed by atoms with Crippen LogP contribution in [0.4, 0.5) is 14.5 Å². The van der Waals surface area contributed by atoms with Crippen LogP contribution in [0.2, 0.25) is 0 Å². The monoisotopic (exact) mass is 357 g/mol. The maximum atomic E-state index is 12.6. The van der Waals surface area contributed by atoms with E-state index in [-0.39, 0.29) is 18.1 Å². The number of hydrogen-bond acceptors (Lipinski definition) is 5. The number of alkyl halides is 2. The van der Waals surface area contributed by atoms with Gasteiger partial charge in [0.2, 0.25) is 0 Å². The van der Waals surface area contributed by atoms with Gasteiger partial charge in [0.15, 0.2) is 11.5 Å². The normalized spacial score (nSPS) is 10.6. The minimum absolute atomic E-state index is 0.00970. The first kappa shape index (κ1) is 17.6. The Morgan fingerprint density at radius 2 is 1.69 bits per heavy atom. The van der Waals surface area contributed by atoms with E-state index in [1.807, 2.05) is 30.3 Å². The molecule has 0 aliphatic heterocycles. The SMILES string of the molecule is FC(F)Oc1ccc(NCc2cncnc2)cc1OCc1ccccc1. The van der Waals surface area contributed by atoms with Crippen LogP contribution in [-0.2, 0) is 13.2 Å². The van der Waals surface area contributed by atoms with E-state index in [2.05, 4.69) is 20.0 Å². The highest BCUT2D eigenvalue weighted by atomic mass is 19.3. The highest BCUT2D eigenvalue weighted by molar-refractivity contribution is 5.55. The average molecular weight is 357 g/mol. The molecule has 26 heavy (non-hydrogen) atoms. The van der Waals surface area contributed by atoms with E-state index < -0.39 is 6.61 Å². The maximum absolute atomic E-state index is 12.6. The third-order valence-corrected chi connectivity index (χ3v) is 3.51. The third-order valence-electron chi connectivity index (χ3n) is 3.51. The van der Waals surface area contributed by atoms with Gasteiger partial charge in [0, 0.05) is 36.3 Å². The van der Waals surface area contributed by atoms with Crippen molar-refractivity contribution in [2.45, 2.75) is 19.8 Å². The molecular formula is C19H17F2N3O2. The predicted molar refractivity (Wildman–Crippen MR) is 93.2 cm³/mol. The van der Waals surface area contributed by atoms with Crippen LogP contribution in [0.5, 0.6) is 11.5 Å². The van der Waals surface area contributed by atoms with Gasteiger partial charge in [0.25, 0.3) is 0 Å². The summed E-state index contributed by atoms with van der Waals surface area (Å²) in [6, 6.07) is 14.2. The van der Waals surface area contributed by atoms with Crippen molar-refractivity contribution < 1.29 is 18.3 Å². The topological polar surface area (TPSA) is 56.3 Å². The summed E-state index contributed by atoms with van der Waals surface area (Å²) < 4.78 is 35.5. The second kappa shape index (κ2) is 8.75. The van der Waals surface area contributed by atoms with Crippen molar-refractivity contribution in [2.75, 3.05) is 5.32 Å². The Bertz CT molecular complexity index is 818. The lowest BCUT2D eigenvalue weighted by atomic mass is 10.2. The zero-order valence-corrected chi connectivity index (χ0v) is 13.8. The van der Waals surface area contributed by atoms with Crippen LogP contribution in [0.15, 0.2) is 67.3 Å². The third kappa shape index (κ3) is 5.14. The van der Waals surface area contributed by atoms with Gasteiger partial charge in [0.05, 0.1) is 0 Å². The van der Waals surface area contributed by atoms with E-state index >= 15 is 0 Å². The summed E-state index contributed by atoms with van der Waals surface area (Å²) in [6.07, 6.45) is 4.84. The summed E-state index contributed by atoms with van der Waals surface area (Å²) in [6.45, 7) is -2.18. The molecule has 0 aliphatic carbocycles. The number of anilines is 1. The standard InChI is InChI=1S/C19H17F2N3O2/c20-19(21)26-17-7-6-16(24-11-15-9-22-13-23-10-15)8-18(17)25-12-14-4-2-1-3-5-14/h1-10,13,19,24H,11-12H2. The zero-order valence-electron chi connectivity index (χ0n) is 13.8. The van der Waals surface area contributed by atoms with Gasteiger partial charge >= 0.3 is 6.61 Å². The molecule has 0 radical (unpaired) electrons. The number of benzene rings is 2. The molecule has 0 amide bonds. The molecule has 1 N–H and O–H groups in total. The number of nitrogens with one attached hydrogen (secondary N) is 1. The second-order valence-corrected chi connectivity index (χ2v) is 5.41. The van der Waals surface area contributed by atoms with Crippen molar-refractivity contribution in [3.05, 3.63) is 78.4 Å². The second-order valence-electron chi connectivity index (χ2n) is 5.41. The van der Waals surface area contributed by atoms with E-state index in [9.17, 15) is 8.78 Å². The summed E-state index contributed by atoms with van der Waals surface area (Å²) >= 11 is 0. The largest absolute Gasteiger partial charge is 0.485 e. The van der Waals surface area contributed by atoms with Gasteiger partial charge in [0.1, 0.15) is 12.9 Å². The first-order valence-corrected chi connectivity index (χ1v) is 7.94. The Balaban J connectivity index is 1.72. The Labute approximate surface area is 149 Å².